The summed E-state index contributed by atoms with van der Waals surface area (Å²) in [5.41, 5.74) is 6.43. The van der Waals surface area contributed by atoms with Gasteiger partial charge in [-0.15, -0.1) is 0 Å². The van der Waals surface area contributed by atoms with Gasteiger partial charge in [0.2, 0.25) is 0 Å². The molecule has 2 heterocycles. The molecule has 6 aromatic carbocycles. The molecule has 2 aromatic heterocycles. The molecule has 62 heavy (non-hydrogen) atoms. The fourth-order valence-electron chi connectivity index (χ4n) is 7.22. The Morgan fingerprint density at radius 3 is 1.44 bits per heavy atom. The molecule has 8 rings (SSSR count). The van der Waals surface area contributed by atoms with Crippen LogP contribution in [-0.2, 0) is 30.2 Å². The smallest absolute Gasteiger partial charge is 0.416 e. The summed E-state index contributed by atoms with van der Waals surface area (Å²) in [6.45, 7) is 6.20. The normalized spacial score (nSPS) is 11.7. The molecule has 0 bridgehead atoms. The van der Waals surface area contributed by atoms with Crippen molar-refractivity contribution in [2.24, 2.45) is 0 Å². The largest absolute Gasteiger partial charge is 0.478 e. The van der Waals surface area contributed by atoms with Crippen LogP contribution in [0.2, 0.25) is 0 Å². The molecule has 1 N–H and O–H groups in total. The maximum Gasteiger partial charge on any atom is 0.416 e. The Kier molecular flexibility index (Phi) is 12.0. The van der Waals surface area contributed by atoms with Gasteiger partial charge in [0.05, 0.1) is 42.0 Å². The first-order valence-electron chi connectivity index (χ1n) is 19.4. The van der Waals surface area contributed by atoms with Gasteiger partial charge in [0, 0.05) is 33.3 Å². The van der Waals surface area contributed by atoms with Crippen LogP contribution in [0.15, 0.2) is 133 Å². The van der Waals surface area contributed by atoms with Gasteiger partial charge in [0.15, 0.2) is 0 Å². The van der Waals surface area contributed by atoms with Gasteiger partial charge in [0.1, 0.15) is 11.0 Å². The van der Waals surface area contributed by atoms with Gasteiger partial charge in [-0.2, -0.15) is 36.5 Å². The van der Waals surface area contributed by atoms with Crippen LogP contribution in [0.3, 0.4) is 0 Å². The van der Waals surface area contributed by atoms with Crippen LogP contribution in [0.5, 0.6) is 0 Å². The minimum atomic E-state index is -4.40. The number of halogens is 6. The average molecular weight is 849 g/mol. The van der Waals surface area contributed by atoms with E-state index in [0.29, 0.717) is 27.8 Å². The van der Waals surface area contributed by atoms with E-state index in [9.17, 15) is 41.0 Å². The molecule has 0 aliphatic heterocycles. The summed E-state index contributed by atoms with van der Waals surface area (Å²) in [6, 6.07) is 35.5. The summed E-state index contributed by atoms with van der Waals surface area (Å²) in [5.74, 6) is -1.41. The molecule has 0 unspecified atom stereocenters. The summed E-state index contributed by atoms with van der Waals surface area (Å²) in [5, 5.41) is 20.4. The summed E-state index contributed by atoms with van der Waals surface area (Å²) < 4.78 is 86.8. The monoisotopic (exact) mass is 848 g/mol. The summed E-state index contributed by atoms with van der Waals surface area (Å²) in [4.78, 5) is 23.4. The lowest BCUT2D eigenvalue weighted by molar-refractivity contribution is -0.138. The minimum Gasteiger partial charge on any atom is -0.478 e. The molecular formula is C48H38F6N4O4. The highest BCUT2D eigenvalue weighted by Gasteiger charge is 2.31. The number of nitrogens with zero attached hydrogens (tertiary/aromatic N) is 4. The number of carboxylic acid groups (broad SMARTS) is 1. The topological polar surface area (TPSA) is 99.2 Å². The van der Waals surface area contributed by atoms with Crippen LogP contribution < -0.4 is 0 Å². The van der Waals surface area contributed by atoms with Crippen molar-refractivity contribution in [1.29, 1.82) is 0 Å². The molecule has 8 nitrogen and oxygen atoms in total. The lowest BCUT2D eigenvalue weighted by Gasteiger charge is -2.09. The number of aromatic carboxylic acids is 1. The molecule has 0 amide bonds. The van der Waals surface area contributed by atoms with Crippen molar-refractivity contribution in [3.63, 3.8) is 0 Å². The SMILES string of the molecule is CCOC(=O)c1cccc(-c2cccc3c(C)n(Cc4cccc(C(F)(F)F)c4)nc23)c1.Cc1c2cccc(-c3cccc(C(=O)O)c3)c2nn1Cc1cccc(C(F)(F)F)c1. The predicted molar refractivity (Wildman–Crippen MR) is 224 cm³/mol. The van der Waals surface area contributed by atoms with Crippen molar-refractivity contribution >= 4 is 33.7 Å². The van der Waals surface area contributed by atoms with Crippen molar-refractivity contribution < 1.29 is 45.8 Å². The maximum atomic E-state index is 13.1. The average Bonchev–Trinajstić information content (AvgIpc) is 3.74. The number of ether oxygens (including phenoxy) is 1. The number of aryl methyl sites for hydroxylation is 2. The van der Waals surface area contributed by atoms with Gasteiger partial charge >= 0.3 is 24.3 Å². The van der Waals surface area contributed by atoms with Crippen LogP contribution >= 0.6 is 0 Å². The highest BCUT2D eigenvalue weighted by Crippen LogP contribution is 2.34. The van der Waals surface area contributed by atoms with Gasteiger partial charge in [-0.25, -0.2) is 9.59 Å². The standard InChI is InChI=1S/C25H21F3N2O2.C23H17F3N2O2/c1-3-32-24(31)19-9-5-8-18(14-19)22-12-6-11-21-16(2)30(29-23(21)22)15-17-7-4-10-20(13-17)25(26,27)28;1-14-19-9-4-10-20(16-6-3-7-17(12-16)22(29)30)21(19)27-28(14)13-15-5-2-8-18(11-15)23(24,25)26/h4-14H,3,15H2,1-2H3;2-12H,13H2,1H3,(H,29,30). The highest BCUT2D eigenvalue weighted by molar-refractivity contribution is 5.98. The quantitative estimate of drug-likeness (QED) is 0.115. The molecule has 0 saturated heterocycles. The Hall–Kier alpha value is -7.22. The van der Waals surface area contributed by atoms with Crippen molar-refractivity contribution in [3.05, 3.63) is 178 Å². The fraction of sp³-hybridized carbons (Fsp3) is 0.167. The van der Waals surface area contributed by atoms with E-state index < -0.39 is 35.4 Å². The zero-order chi connectivity index (χ0) is 44.3. The summed E-state index contributed by atoms with van der Waals surface area (Å²) >= 11 is 0. The molecule has 0 aliphatic rings. The number of aromatic nitrogens is 4. The lowest BCUT2D eigenvalue weighted by atomic mass is 10.0. The fourth-order valence-corrected chi connectivity index (χ4v) is 7.22. The van der Waals surface area contributed by atoms with E-state index in [-0.39, 0.29) is 25.3 Å². The van der Waals surface area contributed by atoms with Gasteiger partial charge in [0.25, 0.3) is 0 Å². The van der Waals surface area contributed by atoms with Crippen LogP contribution in [0.1, 0.15) is 61.3 Å². The third-order valence-electron chi connectivity index (χ3n) is 10.3. The molecule has 0 spiro atoms. The van der Waals surface area contributed by atoms with E-state index in [1.54, 1.807) is 58.8 Å². The predicted octanol–water partition coefficient (Wildman–Crippen LogP) is 12.0. The van der Waals surface area contributed by atoms with Crippen molar-refractivity contribution in [2.45, 2.75) is 46.2 Å². The third kappa shape index (κ3) is 9.24. The molecule has 0 radical (unpaired) electrons. The Balaban J connectivity index is 0.000000187. The van der Waals surface area contributed by atoms with E-state index in [1.807, 2.05) is 62.4 Å². The van der Waals surface area contributed by atoms with Crippen LogP contribution in [-0.4, -0.2) is 43.2 Å². The minimum absolute atomic E-state index is 0.171. The number of fused-ring (bicyclic) bond motifs is 2. The first-order chi connectivity index (χ1) is 29.5. The van der Waals surface area contributed by atoms with Crippen molar-refractivity contribution in [3.8, 4) is 22.3 Å². The van der Waals surface area contributed by atoms with Crippen molar-refractivity contribution in [1.82, 2.24) is 19.6 Å². The zero-order valence-electron chi connectivity index (χ0n) is 33.6. The zero-order valence-corrected chi connectivity index (χ0v) is 33.6. The van der Waals surface area contributed by atoms with Gasteiger partial charge in [-0.05, 0) is 91.6 Å². The van der Waals surface area contributed by atoms with E-state index >= 15 is 0 Å². The molecule has 316 valence electrons. The van der Waals surface area contributed by atoms with E-state index in [1.165, 1.54) is 18.2 Å². The number of rotatable bonds is 9. The van der Waals surface area contributed by atoms with E-state index in [0.717, 1.165) is 68.6 Å². The molecule has 14 heteroatoms. The number of hydrogen-bond acceptors (Lipinski definition) is 5. The second-order valence-electron chi connectivity index (χ2n) is 14.5. The number of carbonyl (C=O) groups is 2. The Morgan fingerprint density at radius 1 is 0.581 bits per heavy atom. The Labute approximate surface area is 351 Å². The molecule has 0 atom stereocenters. The lowest BCUT2D eigenvalue weighted by Crippen LogP contribution is -2.08. The molecule has 0 saturated carbocycles. The first kappa shape index (κ1) is 42.9. The molecule has 0 aliphatic carbocycles. The second kappa shape index (κ2) is 17.4. The molecule has 0 fully saturated rings. The van der Waals surface area contributed by atoms with E-state index in [2.05, 4.69) is 5.10 Å². The number of esters is 1. The van der Waals surface area contributed by atoms with Gasteiger partial charge < -0.3 is 9.84 Å². The number of alkyl halides is 6. The summed E-state index contributed by atoms with van der Waals surface area (Å²) in [7, 11) is 0. The van der Waals surface area contributed by atoms with Crippen LogP contribution in [0.25, 0.3) is 44.1 Å². The number of carboxylic acids is 1. The van der Waals surface area contributed by atoms with E-state index in [4.69, 9.17) is 9.84 Å². The summed E-state index contributed by atoms with van der Waals surface area (Å²) in [6.07, 6.45) is -8.79. The molecular weight excluding hydrogens is 811 g/mol. The maximum absolute atomic E-state index is 13.1. The van der Waals surface area contributed by atoms with Crippen molar-refractivity contribution in [2.75, 3.05) is 6.61 Å². The number of carbonyl (C=O) groups excluding carboxylic acids is 1. The third-order valence-corrected chi connectivity index (χ3v) is 10.3. The van der Waals surface area contributed by atoms with Gasteiger partial charge in [-0.1, -0.05) is 84.9 Å². The van der Waals surface area contributed by atoms with Gasteiger partial charge in [-0.3, -0.25) is 9.36 Å². The number of benzene rings is 6. The van der Waals surface area contributed by atoms with Crippen LogP contribution in [0, 0.1) is 13.8 Å². The molecule has 8 aromatic rings. The highest BCUT2D eigenvalue weighted by atomic mass is 19.4. The second-order valence-corrected chi connectivity index (χ2v) is 14.5. The Bertz CT molecular complexity index is 2950. The number of hydrogen-bond donors (Lipinski definition) is 1. The Morgan fingerprint density at radius 2 is 1.00 bits per heavy atom. The first-order valence-corrected chi connectivity index (χ1v) is 19.4. The van der Waals surface area contributed by atoms with Crippen LogP contribution in [0.4, 0.5) is 26.3 Å².